The zero-order chi connectivity index (χ0) is 14.9. The summed E-state index contributed by atoms with van der Waals surface area (Å²) >= 11 is 6.87. The minimum Gasteiger partial charge on any atom is -0.387 e. The molecule has 0 saturated carbocycles. The van der Waals surface area contributed by atoms with E-state index < -0.39 is 11.9 Å². The second-order valence-electron chi connectivity index (χ2n) is 5.69. The van der Waals surface area contributed by atoms with E-state index in [0.29, 0.717) is 15.5 Å². The Kier molecular flexibility index (Phi) is 4.42. The van der Waals surface area contributed by atoms with Crippen molar-refractivity contribution in [2.24, 2.45) is 0 Å². The molecule has 0 spiro atoms. The molecule has 0 aliphatic heterocycles. The SMILES string of the molecule is CC(C)(C)c1nnsc1C(O)Cc1ccc(Cl)cc1F. The van der Waals surface area contributed by atoms with Gasteiger partial charge in [0.05, 0.1) is 16.7 Å². The zero-order valence-corrected chi connectivity index (χ0v) is 13.1. The van der Waals surface area contributed by atoms with Gasteiger partial charge < -0.3 is 5.11 Å². The maximum absolute atomic E-state index is 13.8. The fourth-order valence-electron chi connectivity index (χ4n) is 1.92. The third-order valence-electron chi connectivity index (χ3n) is 2.95. The third-order valence-corrected chi connectivity index (χ3v) is 4.02. The second kappa shape index (κ2) is 5.76. The van der Waals surface area contributed by atoms with Gasteiger partial charge in [0.15, 0.2) is 0 Å². The Morgan fingerprint density at radius 3 is 2.70 bits per heavy atom. The van der Waals surface area contributed by atoms with Crippen LogP contribution in [-0.4, -0.2) is 14.7 Å². The van der Waals surface area contributed by atoms with Crippen molar-refractivity contribution in [2.75, 3.05) is 0 Å². The molecule has 6 heteroatoms. The van der Waals surface area contributed by atoms with Gasteiger partial charge in [-0.2, -0.15) is 0 Å². The Morgan fingerprint density at radius 1 is 1.40 bits per heavy atom. The van der Waals surface area contributed by atoms with Crippen LogP contribution in [0.3, 0.4) is 0 Å². The largest absolute Gasteiger partial charge is 0.387 e. The van der Waals surface area contributed by atoms with E-state index in [-0.39, 0.29) is 11.8 Å². The lowest BCUT2D eigenvalue weighted by atomic mass is 9.89. The van der Waals surface area contributed by atoms with Crippen LogP contribution >= 0.6 is 23.1 Å². The molecule has 0 fully saturated rings. The van der Waals surface area contributed by atoms with Crippen LogP contribution in [0.2, 0.25) is 5.02 Å². The van der Waals surface area contributed by atoms with Crippen LogP contribution in [0, 0.1) is 5.82 Å². The van der Waals surface area contributed by atoms with Crippen molar-refractivity contribution in [1.29, 1.82) is 0 Å². The van der Waals surface area contributed by atoms with E-state index in [1.54, 1.807) is 12.1 Å². The van der Waals surface area contributed by atoms with Crippen LogP contribution in [0.4, 0.5) is 4.39 Å². The summed E-state index contributed by atoms with van der Waals surface area (Å²) in [6, 6.07) is 4.45. The summed E-state index contributed by atoms with van der Waals surface area (Å²) in [5.41, 5.74) is 0.974. The lowest BCUT2D eigenvalue weighted by Crippen LogP contribution is -2.16. The first-order valence-corrected chi connectivity index (χ1v) is 7.39. The average molecular weight is 315 g/mol. The van der Waals surface area contributed by atoms with Gasteiger partial charge in [-0.15, -0.1) is 5.10 Å². The molecule has 1 N–H and O–H groups in total. The maximum atomic E-state index is 13.8. The molecule has 0 saturated heterocycles. The highest BCUT2D eigenvalue weighted by Crippen LogP contribution is 2.32. The van der Waals surface area contributed by atoms with E-state index in [2.05, 4.69) is 9.59 Å². The third kappa shape index (κ3) is 3.34. The lowest BCUT2D eigenvalue weighted by molar-refractivity contribution is 0.178. The van der Waals surface area contributed by atoms with Gasteiger partial charge in [-0.1, -0.05) is 42.9 Å². The van der Waals surface area contributed by atoms with E-state index in [1.807, 2.05) is 20.8 Å². The maximum Gasteiger partial charge on any atom is 0.127 e. The van der Waals surface area contributed by atoms with Crippen LogP contribution in [-0.2, 0) is 11.8 Å². The summed E-state index contributed by atoms with van der Waals surface area (Å²) in [4.78, 5) is 0.687. The standard InChI is InChI=1S/C14H16ClFN2OS/c1-14(2,3)13-12(20-18-17-13)11(19)6-8-4-5-9(15)7-10(8)16/h4-5,7,11,19H,6H2,1-3H3. The molecule has 20 heavy (non-hydrogen) atoms. The van der Waals surface area contributed by atoms with Gasteiger partial charge in [-0.05, 0) is 29.2 Å². The van der Waals surface area contributed by atoms with Gasteiger partial charge in [-0.3, -0.25) is 0 Å². The van der Waals surface area contributed by atoms with Crippen molar-refractivity contribution in [1.82, 2.24) is 9.59 Å². The molecule has 0 bridgehead atoms. The number of rotatable bonds is 3. The van der Waals surface area contributed by atoms with Crippen LogP contribution in [0.15, 0.2) is 18.2 Å². The zero-order valence-electron chi connectivity index (χ0n) is 11.5. The average Bonchev–Trinajstić information content (AvgIpc) is 2.81. The van der Waals surface area contributed by atoms with Crippen molar-refractivity contribution in [3.63, 3.8) is 0 Å². The number of hydrogen-bond donors (Lipinski definition) is 1. The highest BCUT2D eigenvalue weighted by atomic mass is 35.5. The summed E-state index contributed by atoms with van der Waals surface area (Å²) in [5, 5.41) is 14.8. The fraction of sp³-hybridized carbons (Fsp3) is 0.429. The van der Waals surface area contributed by atoms with Crippen LogP contribution < -0.4 is 0 Å². The van der Waals surface area contributed by atoms with Crippen molar-refractivity contribution >= 4 is 23.1 Å². The molecule has 1 atom stereocenters. The minimum atomic E-state index is -0.820. The van der Waals surface area contributed by atoms with E-state index in [0.717, 1.165) is 17.2 Å². The van der Waals surface area contributed by atoms with E-state index >= 15 is 0 Å². The monoisotopic (exact) mass is 314 g/mol. The number of nitrogens with zero attached hydrogens (tertiary/aromatic N) is 2. The second-order valence-corrected chi connectivity index (χ2v) is 6.91. The van der Waals surface area contributed by atoms with Crippen LogP contribution in [0.1, 0.15) is 43.0 Å². The van der Waals surface area contributed by atoms with Gasteiger partial charge in [-0.25, -0.2) is 4.39 Å². The minimum absolute atomic E-state index is 0.177. The number of halogens is 2. The molecule has 1 aromatic heterocycles. The highest BCUT2D eigenvalue weighted by Gasteiger charge is 2.26. The van der Waals surface area contributed by atoms with Gasteiger partial charge in [0.2, 0.25) is 0 Å². The van der Waals surface area contributed by atoms with Gasteiger partial charge in [0.1, 0.15) is 5.82 Å². The summed E-state index contributed by atoms with van der Waals surface area (Å²) in [5.74, 6) is -0.411. The van der Waals surface area contributed by atoms with Crippen LogP contribution in [0.5, 0.6) is 0 Å². The number of aliphatic hydroxyl groups excluding tert-OH is 1. The normalized spacial score (nSPS) is 13.5. The molecule has 1 unspecified atom stereocenters. The molecule has 108 valence electrons. The first-order valence-electron chi connectivity index (χ1n) is 6.23. The molecule has 0 radical (unpaired) electrons. The first-order chi connectivity index (χ1) is 9.29. The van der Waals surface area contributed by atoms with E-state index in [9.17, 15) is 9.50 Å². The number of hydrogen-bond acceptors (Lipinski definition) is 4. The van der Waals surface area contributed by atoms with E-state index in [4.69, 9.17) is 11.6 Å². The Bertz CT molecular complexity index is 609. The summed E-state index contributed by atoms with van der Waals surface area (Å²) in [7, 11) is 0. The molecule has 1 heterocycles. The van der Waals surface area contributed by atoms with Crippen molar-refractivity contribution in [3.8, 4) is 0 Å². The van der Waals surface area contributed by atoms with Crippen molar-refractivity contribution in [2.45, 2.75) is 38.7 Å². The van der Waals surface area contributed by atoms with Crippen molar-refractivity contribution < 1.29 is 9.50 Å². The Balaban J connectivity index is 2.25. The molecule has 3 nitrogen and oxygen atoms in total. The predicted molar refractivity (Wildman–Crippen MR) is 78.7 cm³/mol. The van der Waals surface area contributed by atoms with Gasteiger partial charge >= 0.3 is 0 Å². The lowest BCUT2D eigenvalue weighted by Gasteiger charge is -2.19. The Hall–Kier alpha value is -1.04. The van der Waals surface area contributed by atoms with Gasteiger partial charge in [0.25, 0.3) is 0 Å². The molecular formula is C14H16ClFN2OS. The molecule has 2 rings (SSSR count). The molecule has 0 amide bonds. The van der Waals surface area contributed by atoms with E-state index in [1.165, 1.54) is 6.07 Å². The molecule has 2 aromatic rings. The summed E-state index contributed by atoms with van der Waals surface area (Å²) in [6.45, 7) is 6.01. The number of benzene rings is 1. The first kappa shape index (κ1) is 15.4. The number of aromatic nitrogens is 2. The smallest absolute Gasteiger partial charge is 0.127 e. The van der Waals surface area contributed by atoms with Crippen molar-refractivity contribution in [3.05, 3.63) is 45.2 Å². The molecular weight excluding hydrogens is 299 g/mol. The molecule has 0 aliphatic rings. The van der Waals surface area contributed by atoms with Crippen LogP contribution in [0.25, 0.3) is 0 Å². The molecule has 0 aliphatic carbocycles. The predicted octanol–water partition coefficient (Wildman–Crippen LogP) is 3.90. The fourth-order valence-corrected chi connectivity index (χ4v) is 2.93. The highest BCUT2D eigenvalue weighted by molar-refractivity contribution is 7.05. The Morgan fingerprint density at radius 2 is 2.10 bits per heavy atom. The topological polar surface area (TPSA) is 46.0 Å². The molecule has 1 aromatic carbocycles. The summed E-state index contributed by atoms with van der Waals surface area (Å²) in [6.07, 6.45) is -0.643. The number of aliphatic hydroxyl groups is 1. The quantitative estimate of drug-likeness (QED) is 0.934. The van der Waals surface area contributed by atoms with Gasteiger partial charge in [0, 0.05) is 16.9 Å². The summed E-state index contributed by atoms with van der Waals surface area (Å²) < 4.78 is 17.7. The Labute approximate surface area is 126 Å².